The molecule has 1 aliphatic carbocycles. The van der Waals surface area contributed by atoms with Crippen molar-refractivity contribution in [3.8, 4) is 0 Å². The largest absolute Gasteiger partial charge is 0.480 e. The van der Waals surface area contributed by atoms with E-state index in [1.165, 1.54) is 7.11 Å². The lowest BCUT2D eigenvalue weighted by atomic mass is 10.0. The highest BCUT2D eigenvalue weighted by molar-refractivity contribution is 5.86. The Bertz CT molecular complexity index is 358. The van der Waals surface area contributed by atoms with Crippen LogP contribution in [-0.4, -0.2) is 42.1 Å². The van der Waals surface area contributed by atoms with Gasteiger partial charge in [-0.1, -0.05) is 6.42 Å². The molecule has 0 aromatic heterocycles. The van der Waals surface area contributed by atoms with Crippen molar-refractivity contribution in [2.24, 2.45) is 11.7 Å². The smallest absolute Gasteiger partial charge is 0.326 e. The van der Waals surface area contributed by atoms with E-state index in [-0.39, 0.29) is 30.7 Å². The van der Waals surface area contributed by atoms with Gasteiger partial charge in [0.25, 0.3) is 0 Å². The van der Waals surface area contributed by atoms with E-state index >= 15 is 0 Å². The summed E-state index contributed by atoms with van der Waals surface area (Å²) in [4.78, 5) is 33.9. The summed E-state index contributed by atoms with van der Waals surface area (Å²) in [5, 5.41) is 11.5. The van der Waals surface area contributed by atoms with Crippen LogP contribution < -0.4 is 11.1 Å². The summed E-state index contributed by atoms with van der Waals surface area (Å²) < 4.78 is 4.44. The number of carboxylic acid groups (broad SMARTS) is 1. The minimum Gasteiger partial charge on any atom is -0.480 e. The third kappa shape index (κ3) is 4.51. The quantitative estimate of drug-likeness (QED) is 0.568. The van der Waals surface area contributed by atoms with Crippen LogP contribution in [0.3, 0.4) is 0 Å². The lowest BCUT2D eigenvalue weighted by Gasteiger charge is -2.19. The number of nitrogens with two attached hydrogens (primary N) is 1. The number of nitrogens with one attached hydrogen (secondary N) is 1. The lowest BCUT2D eigenvalue weighted by molar-refractivity contribution is -0.144. The molecule has 3 atom stereocenters. The van der Waals surface area contributed by atoms with Crippen LogP contribution in [0.2, 0.25) is 0 Å². The van der Waals surface area contributed by atoms with Crippen LogP contribution in [0.5, 0.6) is 0 Å². The second-order valence-corrected chi connectivity index (χ2v) is 4.72. The van der Waals surface area contributed by atoms with Gasteiger partial charge in [-0.25, -0.2) is 4.79 Å². The molecule has 1 rings (SSSR count). The molecule has 0 radical (unpaired) electrons. The Morgan fingerprint density at radius 1 is 1.42 bits per heavy atom. The zero-order chi connectivity index (χ0) is 14.4. The third-order valence-corrected chi connectivity index (χ3v) is 3.39. The molecule has 19 heavy (non-hydrogen) atoms. The second kappa shape index (κ2) is 7.08. The van der Waals surface area contributed by atoms with Gasteiger partial charge in [-0.05, 0) is 19.3 Å². The van der Waals surface area contributed by atoms with Crippen molar-refractivity contribution < 1.29 is 24.2 Å². The van der Waals surface area contributed by atoms with Gasteiger partial charge in [0.2, 0.25) is 5.91 Å². The fourth-order valence-corrected chi connectivity index (χ4v) is 2.21. The van der Waals surface area contributed by atoms with E-state index < -0.39 is 18.0 Å². The Balaban J connectivity index is 2.51. The number of carbonyl (C=O) groups is 3. The molecule has 0 aliphatic heterocycles. The van der Waals surface area contributed by atoms with Crippen LogP contribution in [-0.2, 0) is 19.1 Å². The molecule has 0 saturated heterocycles. The zero-order valence-electron chi connectivity index (χ0n) is 10.9. The van der Waals surface area contributed by atoms with Crippen molar-refractivity contribution in [2.45, 2.75) is 44.2 Å². The minimum atomic E-state index is -1.16. The monoisotopic (exact) mass is 272 g/mol. The Kier molecular flexibility index (Phi) is 5.75. The maximum atomic E-state index is 11.9. The topological polar surface area (TPSA) is 119 Å². The maximum absolute atomic E-state index is 11.9. The summed E-state index contributed by atoms with van der Waals surface area (Å²) >= 11 is 0. The molecule has 2 unspecified atom stereocenters. The molecule has 1 saturated carbocycles. The van der Waals surface area contributed by atoms with Gasteiger partial charge in [0.15, 0.2) is 0 Å². The SMILES string of the molecule is COC(=O)CC[C@H](NC(=O)C1CCCC1N)C(=O)O. The van der Waals surface area contributed by atoms with Gasteiger partial charge in [-0.2, -0.15) is 0 Å². The van der Waals surface area contributed by atoms with Gasteiger partial charge in [-0.3, -0.25) is 9.59 Å². The van der Waals surface area contributed by atoms with E-state index in [2.05, 4.69) is 10.1 Å². The first kappa shape index (κ1) is 15.4. The molecular formula is C12H20N2O5. The van der Waals surface area contributed by atoms with Gasteiger partial charge >= 0.3 is 11.9 Å². The Labute approximate surface area is 111 Å². The van der Waals surface area contributed by atoms with Crippen molar-refractivity contribution in [3.05, 3.63) is 0 Å². The number of carboxylic acids is 1. The normalized spacial score (nSPS) is 23.7. The number of esters is 1. The number of ether oxygens (including phenoxy) is 1. The number of methoxy groups -OCH3 is 1. The van der Waals surface area contributed by atoms with Crippen LogP contribution in [0.4, 0.5) is 0 Å². The predicted molar refractivity (Wildman–Crippen MR) is 66.1 cm³/mol. The highest BCUT2D eigenvalue weighted by Crippen LogP contribution is 2.24. The first-order valence-electron chi connectivity index (χ1n) is 6.31. The number of aliphatic carboxylic acids is 1. The fourth-order valence-electron chi connectivity index (χ4n) is 2.21. The fraction of sp³-hybridized carbons (Fsp3) is 0.750. The van der Waals surface area contributed by atoms with E-state index in [0.717, 1.165) is 12.8 Å². The van der Waals surface area contributed by atoms with Gasteiger partial charge in [0, 0.05) is 12.5 Å². The molecule has 0 spiro atoms. The molecular weight excluding hydrogens is 252 g/mol. The molecule has 0 bridgehead atoms. The van der Waals surface area contributed by atoms with Crippen molar-refractivity contribution in [1.82, 2.24) is 5.32 Å². The molecule has 7 heteroatoms. The minimum absolute atomic E-state index is 0.00963. The summed E-state index contributed by atoms with van der Waals surface area (Å²) in [5.74, 6) is -2.34. The van der Waals surface area contributed by atoms with Crippen LogP contribution in [0.15, 0.2) is 0 Å². The molecule has 0 aromatic carbocycles. The predicted octanol–water partition coefficient (Wildman–Crippen LogP) is -0.364. The molecule has 1 fully saturated rings. The standard InChI is InChI=1S/C12H20N2O5/c1-19-10(15)6-5-9(12(17)18)14-11(16)7-3-2-4-8(7)13/h7-9H,2-6,13H2,1H3,(H,14,16)(H,17,18)/t7?,8?,9-/m0/s1. The summed E-state index contributed by atoms with van der Waals surface area (Å²) in [7, 11) is 1.23. The number of carbonyl (C=O) groups excluding carboxylic acids is 2. The van der Waals surface area contributed by atoms with Crippen LogP contribution in [0.1, 0.15) is 32.1 Å². The van der Waals surface area contributed by atoms with Crippen LogP contribution in [0, 0.1) is 5.92 Å². The lowest BCUT2D eigenvalue weighted by Crippen LogP contribution is -2.46. The molecule has 4 N–H and O–H groups in total. The third-order valence-electron chi connectivity index (χ3n) is 3.39. The van der Waals surface area contributed by atoms with E-state index in [1.54, 1.807) is 0 Å². The Morgan fingerprint density at radius 3 is 2.58 bits per heavy atom. The van der Waals surface area contributed by atoms with Crippen molar-refractivity contribution in [3.63, 3.8) is 0 Å². The van der Waals surface area contributed by atoms with E-state index in [1.807, 2.05) is 0 Å². The molecule has 0 heterocycles. The van der Waals surface area contributed by atoms with E-state index in [0.29, 0.717) is 6.42 Å². The molecule has 1 amide bonds. The summed E-state index contributed by atoms with van der Waals surface area (Å²) in [6.07, 6.45) is 2.29. The van der Waals surface area contributed by atoms with Crippen LogP contribution >= 0.6 is 0 Å². The van der Waals surface area contributed by atoms with Crippen molar-refractivity contribution in [1.29, 1.82) is 0 Å². The van der Waals surface area contributed by atoms with Gasteiger partial charge in [0.05, 0.1) is 13.0 Å². The molecule has 108 valence electrons. The number of amides is 1. The summed E-state index contributed by atoms with van der Waals surface area (Å²) in [6, 6.07) is -1.30. The molecule has 7 nitrogen and oxygen atoms in total. The number of rotatable bonds is 6. The Morgan fingerprint density at radius 2 is 2.11 bits per heavy atom. The van der Waals surface area contributed by atoms with Gasteiger partial charge in [-0.15, -0.1) is 0 Å². The van der Waals surface area contributed by atoms with E-state index in [9.17, 15) is 14.4 Å². The second-order valence-electron chi connectivity index (χ2n) is 4.72. The first-order chi connectivity index (χ1) is 8.95. The Hall–Kier alpha value is -1.63. The highest BCUT2D eigenvalue weighted by Gasteiger charge is 2.32. The number of hydrogen-bond donors (Lipinski definition) is 3. The average molecular weight is 272 g/mol. The van der Waals surface area contributed by atoms with Gasteiger partial charge in [0.1, 0.15) is 6.04 Å². The van der Waals surface area contributed by atoms with Gasteiger partial charge < -0.3 is 20.9 Å². The molecule has 0 aromatic rings. The summed E-state index contributed by atoms with van der Waals surface area (Å²) in [5.41, 5.74) is 5.79. The van der Waals surface area contributed by atoms with E-state index in [4.69, 9.17) is 10.8 Å². The van der Waals surface area contributed by atoms with Crippen molar-refractivity contribution in [2.75, 3.05) is 7.11 Å². The average Bonchev–Trinajstić information content (AvgIpc) is 2.79. The highest BCUT2D eigenvalue weighted by atomic mass is 16.5. The summed E-state index contributed by atoms with van der Waals surface area (Å²) in [6.45, 7) is 0. The first-order valence-corrected chi connectivity index (χ1v) is 6.31. The number of hydrogen-bond acceptors (Lipinski definition) is 5. The van der Waals surface area contributed by atoms with Crippen molar-refractivity contribution >= 4 is 17.8 Å². The molecule has 1 aliphatic rings. The van der Waals surface area contributed by atoms with Crippen LogP contribution in [0.25, 0.3) is 0 Å². The zero-order valence-corrected chi connectivity index (χ0v) is 10.9. The maximum Gasteiger partial charge on any atom is 0.326 e.